The van der Waals surface area contributed by atoms with Gasteiger partial charge in [0.2, 0.25) is 0 Å². The second-order valence-corrected chi connectivity index (χ2v) is 9.09. The molecule has 1 amide bonds. The summed E-state index contributed by atoms with van der Waals surface area (Å²) in [7, 11) is 0. The summed E-state index contributed by atoms with van der Waals surface area (Å²) in [6, 6.07) is 16.5. The van der Waals surface area contributed by atoms with Crippen LogP contribution in [0.4, 0.5) is 0 Å². The Balaban J connectivity index is 1.49. The highest BCUT2D eigenvalue weighted by atomic mass is 16.5. The maximum Gasteiger partial charge on any atom is 0.309 e. The molecule has 1 atom stereocenters. The van der Waals surface area contributed by atoms with Crippen molar-refractivity contribution in [2.45, 2.75) is 46.1 Å². The first-order valence-electron chi connectivity index (χ1n) is 11.9. The van der Waals surface area contributed by atoms with Crippen LogP contribution in [-0.2, 0) is 14.3 Å². The number of benzene rings is 2. The van der Waals surface area contributed by atoms with E-state index in [0.29, 0.717) is 32.7 Å². The molecular formula is C27H33N3O3. The number of ether oxygens (including phenoxy) is 1. The van der Waals surface area contributed by atoms with E-state index in [4.69, 9.17) is 9.84 Å². The molecule has 2 aromatic carbocycles. The predicted octanol–water partition coefficient (Wildman–Crippen LogP) is 4.26. The quantitative estimate of drug-likeness (QED) is 0.621. The molecule has 0 N–H and O–H groups in total. The van der Waals surface area contributed by atoms with Gasteiger partial charge in [-0.15, -0.1) is 0 Å². The van der Waals surface area contributed by atoms with Gasteiger partial charge < -0.3 is 4.74 Å². The Hall–Kier alpha value is -2.99. The number of nitrogens with zero attached hydrogens (tertiary/aromatic N) is 3. The lowest BCUT2D eigenvalue weighted by atomic mass is 9.96. The van der Waals surface area contributed by atoms with Gasteiger partial charge in [0.1, 0.15) is 0 Å². The van der Waals surface area contributed by atoms with E-state index in [1.807, 2.05) is 13.0 Å². The van der Waals surface area contributed by atoms with Crippen LogP contribution in [0.3, 0.4) is 0 Å². The fourth-order valence-corrected chi connectivity index (χ4v) is 4.64. The van der Waals surface area contributed by atoms with E-state index in [-0.39, 0.29) is 23.8 Å². The Bertz CT molecular complexity index is 1020. The lowest BCUT2D eigenvalue weighted by molar-refractivity contribution is -0.149. The number of amides is 1. The summed E-state index contributed by atoms with van der Waals surface area (Å²) in [4.78, 5) is 27.6. The van der Waals surface area contributed by atoms with Crippen molar-refractivity contribution < 1.29 is 14.3 Å². The second kappa shape index (κ2) is 10.3. The average molecular weight is 448 g/mol. The smallest absolute Gasteiger partial charge is 0.309 e. The molecule has 0 saturated carbocycles. The number of hydrogen-bond donors (Lipinski definition) is 0. The monoisotopic (exact) mass is 447 g/mol. The van der Waals surface area contributed by atoms with Gasteiger partial charge in [0.25, 0.3) is 5.91 Å². The number of aryl methyl sites for hydroxylation is 2. The molecule has 2 aromatic rings. The zero-order valence-corrected chi connectivity index (χ0v) is 19.8. The fourth-order valence-electron chi connectivity index (χ4n) is 4.64. The van der Waals surface area contributed by atoms with Gasteiger partial charge in [-0.05, 0) is 57.8 Å². The second-order valence-electron chi connectivity index (χ2n) is 9.09. The number of carbonyl (C=O) groups is 2. The summed E-state index contributed by atoms with van der Waals surface area (Å²) in [5.41, 5.74) is 5.48. The molecule has 1 fully saturated rings. The highest BCUT2D eigenvalue weighted by molar-refractivity contribution is 6.03. The molecule has 33 heavy (non-hydrogen) atoms. The molecule has 0 aliphatic carbocycles. The number of piperidine rings is 1. The van der Waals surface area contributed by atoms with Crippen molar-refractivity contribution in [1.29, 1.82) is 0 Å². The van der Waals surface area contributed by atoms with Crippen LogP contribution < -0.4 is 0 Å². The molecular weight excluding hydrogens is 414 g/mol. The Morgan fingerprint density at radius 2 is 1.76 bits per heavy atom. The molecule has 0 radical (unpaired) electrons. The van der Waals surface area contributed by atoms with E-state index in [0.717, 1.165) is 29.7 Å². The van der Waals surface area contributed by atoms with Crippen LogP contribution in [0, 0.1) is 19.8 Å². The molecule has 2 aliphatic rings. The highest BCUT2D eigenvalue weighted by Crippen LogP contribution is 2.33. The third-order valence-corrected chi connectivity index (χ3v) is 6.55. The van der Waals surface area contributed by atoms with E-state index in [2.05, 4.69) is 61.2 Å². The minimum atomic E-state index is -0.116. The number of hydrazone groups is 1. The van der Waals surface area contributed by atoms with Crippen LogP contribution in [0.15, 0.2) is 53.6 Å². The number of esters is 1. The molecule has 174 valence electrons. The summed E-state index contributed by atoms with van der Waals surface area (Å²) in [5.74, 6) is -0.179. The summed E-state index contributed by atoms with van der Waals surface area (Å²) < 4.78 is 5.16. The van der Waals surface area contributed by atoms with Gasteiger partial charge in [-0.25, -0.2) is 5.01 Å². The van der Waals surface area contributed by atoms with Crippen molar-refractivity contribution in [3.05, 3.63) is 70.8 Å². The number of carbonyl (C=O) groups excluding carboxylic acids is 2. The minimum absolute atomic E-state index is 0.00203. The summed E-state index contributed by atoms with van der Waals surface area (Å²) in [6.07, 6.45) is 2.15. The third kappa shape index (κ3) is 5.50. The maximum absolute atomic E-state index is 13.4. The van der Waals surface area contributed by atoms with Crippen LogP contribution in [0.5, 0.6) is 0 Å². The Morgan fingerprint density at radius 3 is 2.42 bits per heavy atom. The standard InChI is InChI=1S/C27H33N3O3/c1-4-33-27(32)22-12-14-29(15-13-22)18-26(31)30-25(21-10-8-19(2)9-11-21)17-24(28-30)23-7-5-6-20(3)16-23/h5-11,16,22,25H,4,12-15,17-18H2,1-3H3. The molecule has 1 unspecified atom stereocenters. The van der Waals surface area contributed by atoms with E-state index in [1.165, 1.54) is 11.1 Å². The van der Waals surface area contributed by atoms with Gasteiger partial charge in [-0.3, -0.25) is 14.5 Å². The normalized spacial score (nSPS) is 19.4. The van der Waals surface area contributed by atoms with Crippen molar-refractivity contribution in [2.24, 2.45) is 11.0 Å². The van der Waals surface area contributed by atoms with Crippen molar-refractivity contribution in [3.63, 3.8) is 0 Å². The maximum atomic E-state index is 13.4. The molecule has 6 heteroatoms. The van der Waals surface area contributed by atoms with Crippen LogP contribution in [0.2, 0.25) is 0 Å². The third-order valence-electron chi connectivity index (χ3n) is 6.55. The van der Waals surface area contributed by atoms with Gasteiger partial charge in [0.15, 0.2) is 0 Å². The Morgan fingerprint density at radius 1 is 1.03 bits per heavy atom. The molecule has 0 aromatic heterocycles. The first kappa shape index (κ1) is 23.2. The van der Waals surface area contributed by atoms with E-state index in [9.17, 15) is 9.59 Å². The van der Waals surface area contributed by atoms with Crippen molar-refractivity contribution >= 4 is 17.6 Å². The van der Waals surface area contributed by atoms with Crippen LogP contribution in [0.1, 0.15) is 54.5 Å². The van der Waals surface area contributed by atoms with Crippen LogP contribution in [-0.4, -0.2) is 53.7 Å². The van der Waals surface area contributed by atoms with E-state index >= 15 is 0 Å². The van der Waals surface area contributed by atoms with Gasteiger partial charge in [0.05, 0.1) is 30.8 Å². The topological polar surface area (TPSA) is 62.2 Å². The fraction of sp³-hybridized carbons (Fsp3) is 0.444. The van der Waals surface area contributed by atoms with Crippen LogP contribution >= 0.6 is 0 Å². The van der Waals surface area contributed by atoms with E-state index < -0.39 is 0 Å². The largest absolute Gasteiger partial charge is 0.466 e. The number of hydrogen-bond acceptors (Lipinski definition) is 5. The first-order chi connectivity index (χ1) is 15.9. The summed E-state index contributed by atoms with van der Waals surface area (Å²) in [6.45, 7) is 8.11. The Kier molecular flexibility index (Phi) is 7.23. The van der Waals surface area contributed by atoms with E-state index in [1.54, 1.807) is 5.01 Å². The van der Waals surface area contributed by atoms with Gasteiger partial charge in [-0.1, -0.05) is 59.7 Å². The molecule has 6 nitrogen and oxygen atoms in total. The molecule has 0 spiro atoms. The summed E-state index contributed by atoms with van der Waals surface area (Å²) >= 11 is 0. The summed E-state index contributed by atoms with van der Waals surface area (Å²) in [5, 5.41) is 6.49. The minimum Gasteiger partial charge on any atom is -0.466 e. The number of rotatable bonds is 6. The average Bonchev–Trinajstić information content (AvgIpc) is 3.26. The first-order valence-corrected chi connectivity index (χ1v) is 11.9. The molecule has 1 saturated heterocycles. The molecule has 4 rings (SSSR count). The van der Waals surface area contributed by atoms with Crippen LogP contribution in [0.25, 0.3) is 0 Å². The lowest BCUT2D eigenvalue weighted by Gasteiger charge is -2.32. The predicted molar refractivity (Wildman–Crippen MR) is 129 cm³/mol. The SMILES string of the molecule is CCOC(=O)C1CCN(CC(=O)N2N=C(c3cccc(C)c3)CC2c2ccc(C)cc2)CC1. The molecule has 2 aliphatic heterocycles. The van der Waals surface area contributed by atoms with Crippen molar-refractivity contribution in [1.82, 2.24) is 9.91 Å². The van der Waals surface area contributed by atoms with Crippen molar-refractivity contribution in [2.75, 3.05) is 26.2 Å². The zero-order chi connectivity index (χ0) is 23.4. The van der Waals surface area contributed by atoms with Gasteiger partial charge in [-0.2, -0.15) is 5.10 Å². The highest BCUT2D eigenvalue weighted by Gasteiger charge is 2.35. The van der Waals surface area contributed by atoms with Gasteiger partial charge in [0, 0.05) is 6.42 Å². The molecule has 2 heterocycles. The Labute approximate surface area is 196 Å². The number of likely N-dealkylation sites (tertiary alicyclic amines) is 1. The lowest BCUT2D eigenvalue weighted by Crippen LogP contribution is -2.43. The van der Waals surface area contributed by atoms with Gasteiger partial charge >= 0.3 is 5.97 Å². The molecule has 0 bridgehead atoms. The van der Waals surface area contributed by atoms with Crippen molar-refractivity contribution in [3.8, 4) is 0 Å². The zero-order valence-electron chi connectivity index (χ0n) is 19.8.